The van der Waals surface area contributed by atoms with Crippen molar-refractivity contribution in [2.24, 2.45) is 0 Å². The zero-order valence-corrected chi connectivity index (χ0v) is 12.2. The van der Waals surface area contributed by atoms with Crippen molar-refractivity contribution >= 4 is 17.5 Å². The Kier molecular flexibility index (Phi) is 4.86. The molecule has 1 aliphatic rings. The van der Waals surface area contributed by atoms with Crippen molar-refractivity contribution in [3.63, 3.8) is 0 Å². The van der Waals surface area contributed by atoms with Gasteiger partial charge in [-0.2, -0.15) is 0 Å². The molecular weight excluding hydrogens is 282 g/mol. The van der Waals surface area contributed by atoms with Crippen molar-refractivity contribution in [3.8, 4) is 5.75 Å². The first-order valence-electron chi connectivity index (χ1n) is 6.43. The topological polar surface area (TPSA) is 67.8 Å². The lowest BCUT2D eigenvalue weighted by Crippen LogP contribution is -2.30. The molecule has 0 aromatic heterocycles. The number of aliphatic hydroxyl groups excluding tert-OH is 1. The van der Waals surface area contributed by atoms with E-state index in [1.54, 1.807) is 6.07 Å². The molecule has 1 heterocycles. The molecule has 110 valence electrons. The van der Waals surface area contributed by atoms with Crippen LogP contribution < -0.4 is 10.1 Å². The molecular formula is C14H18ClNO4. The third-order valence-corrected chi connectivity index (χ3v) is 3.49. The van der Waals surface area contributed by atoms with Gasteiger partial charge in [0.1, 0.15) is 11.9 Å². The second kappa shape index (κ2) is 6.43. The summed E-state index contributed by atoms with van der Waals surface area (Å²) in [6.45, 7) is 2.15. The summed E-state index contributed by atoms with van der Waals surface area (Å²) in [5.74, 6) is 0.465. The third kappa shape index (κ3) is 3.23. The number of amides is 1. The van der Waals surface area contributed by atoms with Gasteiger partial charge in [0.2, 0.25) is 5.91 Å². The highest BCUT2D eigenvalue weighted by atomic mass is 35.5. The van der Waals surface area contributed by atoms with Gasteiger partial charge in [0.25, 0.3) is 0 Å². The Labute approximate surface area is 122 Å². The van der Waals surface area contributed by atoms with Gasteiger partial charge in [-0.3, -0.25) is 4.79 Å². The van der Waals surface area contributed by atoms with Crippen LogP contribution >= 0.6 is 11.6 Å². The summed E-state index contributed by atoms with van der Waals surface area (Å²) in [5.41, 5.74) is 1.44. The fourth-order valence-electron chi connectivity index (χ4n) is 2.32. The Morgan fingerprint density at radius 3 is 3.05 bits per heavy atom. The van der Waals surface area contributed by atoms with Gasteiger partial charge in [0.05, 0.1) is 24.3 Å². The summed E-state index contributed by atoms with van der Waals surface area (Å²) in [6, 6.07) is 3.33. The van der Waals surface area contributed by atoms with E-state index in [0.717, 1.165) is 5.56 Å². The van der Waals surface area contributed by atoms with Crippen molar-refractivity contribution < 1.29 is 19.4 Å². The van der Waals surface area contributed by atoms with E-state index >= 15 is 0 Å². The highest BCUT2D eigenvalue weighted by molar-refractivity contribution is 6.32. The molecule has 1 aromatic rings. The van der Waals surface area contributed by atoms with Crippen molar-refractivity contribution in [2.45, 2.75) is 25.5 Å². The number of rotatable bonds is 4. The van der Waals surface area contributed by atoms with Crippen molar-refractivity contribution in [3.05, 3.63) is 28.3 Å². The van der Waals surface area contributed by atoms with Crippen LogP contribution in [0.15, 0.2) is 12.1 Å². The summed E-state index contributed by atoms with van der Waals surface area (Å²) in [7, 11) is 1.52. The summed E-state index contributed by atoms with van der Waals surface area (Å²) >= 11 is 6.20. The quantitative estimate of drug-likeness (QED) is 0.892. The first-order valence-corrected chi connectivity index (χ1v) is 6.81. The van der Waals surface area contributed by atoms with E-state index < -0.39 is 6.10 Å². The average molecular weight is 300 g/mol. The lowest BCUT2D eigenvalue weighted by atomic mass is 9.96. The third-order valence-electron chi connectivity index (χ3n) is 3.21. The zero-order chi connectivity index (χ0) is 14.7. The minimum absolute atomic E-state index is 0.109. The molecule has 0 fully saturated rings. The molecule has 20 heavy (non-hydrogen) atoms. The molecule has 0 saturated heterocycles. The number of methoxy groups -OCH3 is 1. The SMILES string of the molecule is COCC(O)c1cc(Cl)c2c(c1)C(NC(C)=O)CCO2. The van der Waals surface area contributed by atoms with E-state index in [0.29, 0.717) is 29.4 Å². The summed E-state index contributed by atoms with van der Waals surface area (Å²) in [5, 5.41) is 13.3. The van der Waals surface area contributed by atoms with Crippen molar-refractivity contribution in [2.75, 3.05) is 20.3 Å². The lowest BCUT2D eigenvalue weighted by Gasteiger charge is -2.28. The Balaban J connectivity index is 2.37. The Bertz CT molecular complexity index is 506. The molecule has 5 nitrogen and oxygen atoms in total. The van der Waals surface area contributed by atoms with Gasteiger partial charge in [-0.25, -0.2) is 0 Å². The van der Waals surface area contributed by atoms with Gasteiger partial charge in [-0.15, -0.1) is 0 Å². The van der Waals surface area contributed by atoms with Gasteiger partial charge in [0, 0.05) is 26.0 Å². The second-order valence-electron chi connectivity index (χ2n) is 4.78. The minimum Gasteiger partial charge on any atom is -0.492 e. The molecule has 0 radical (unpaired) electrons. The van der Waals surface area contributed by atoms with Crippen LogP contribution in [0, 0.1) is 0 Å². The Morgan fingerprint density at radius 2 is 2.40 bits per heavy atom. The normalized spacial score (nSPS) is 18.9. The maximum absolute atomic E-state index is 11.3. The van der Waals surface area contributed by atoms with Gasteiger partial charge < -0.3 is 19.9 Å². The van der Waals surface area contributed by atoms with Gasteiger partial charge in [-0.05, 0) is 17.7 Å². The van der Waals surface area contributed by atoms with Crippen molar-refractivity contribution in [1.82, 2.24) is 5.32 Å². The fraction of sp³-hybridized carbons (Fsp3) is 0.500. The second-order valence-corrected chi connectivity index (χ2v) is 5.19. The van der Waals surface area contributed by atoms with Crippen LogP contribution in [0.2, 0.25) is 5.02 Å². The molecule has 1 aliphatic heterocycles. The number of ether oxygens (including phenoxy) is 2. The fourth-order valence-corrected chi connectivity index (χ4v) is 2.61. The number of aliphatic hydroxyl groups is 1. The maximum atomic E-state index is 11.3. The van der Waals surface area contributed by atoms with E-state index in [2.05, 4.69) is 5.32 Å². The number of hydrogen-bond donors (Lipinski definition) is 2. The Hall–Kier alpha value is -1.30. The zero-order valence-electron chi connectivity index (χ0n) is 11.5. The molecule has 2 unspecified atom stereocenters. The molecule has 1 aromatic carbocycles. The smallest absolute Gasteiger partial charge is 0.217 e. The molecule has 6 heteroatoms. The van der Waals surface area contributed by atoms with Crippen molar-refractivity contribution in [1.29, 1.82) is 0 Å². The van der Waals surface area contributed by atoms with Crippen LogP contribution in [-0.4, -0.2) is 31.3 Å². The summed E-state index contributed by atoms with van der Waals surface area (Å²) in [4.78, 5) is 11.3. The van der Waals surface area contributed by atoms with Crippen LogP contribution in [0.5, 0.6) is 5.75 Å². The van der Waals surface area contributed by atoms with Crippen LogP contribution in [0.1, 0.15) is 36.6 Å². The predicted molar refractivity (Wildman–Crippen MR) is 75.0 cm³/mol. The lowest BCUT2D eigenvalue weighted by molar-refractivity contribution is -0.119. The van der Waals surface area contributed by atoms with E-state index in [9.17, 15) is 9.90 Å². The van der Waals surface area contributed by atoms with Crippen LogP contribution in [0.4, 0.5) is 0 Å². The molecule has 0 saturated carbocycles. The molecule has 2 N–H and O–H groups in total. The number of carbonyl (C=O) groups is 1. The number of carbonyl (C=O) groups excluding carboxylic acids is 1. The molecule has 2 atom stereocenters. The number of halogens is 1. The number of hydrogen-bond acceptors (Lipinski definition) is 4. The highest BCUT2D eigenvalue weighted by Gasteiger charge is 2.26. The largest absolute Gasteiger partial charge is 0.492 e. The number of fused-ring (bicyclic) bond motifs is 1. The molecule has 0 aliphatic carbocycles. The maximum Gasteiger partial charge on any atom is 0.217 e. The minimum atomic E-state index is -0.761. The van der Waals surface area contributed by atoms with Crippen LogP contribution in [-0.2, 0) is 9.53 Å². The molecule has 0 spiro atoms. The molecule has 1 amide bonds. The van der Waals surface area contributed by atoms with Crippen LogP contribution in [0.3, 0.4) is 0 Å². The summed E-state index contributed by atoms with van der Waals surface area (Å²) < 4.78 is 10.5. The molecule has 0 bridgehead atoms. The predicted octanol–water partition coefficient (Wildman–Crippen LogP) is 1.98. The first-order chi connectivity index (χ1) is 9.52. The standard InChI is InChI=1S/C14H18ClNO4/c1-8(17)16-12-3-4-20-14-10(12)5-9(6-11(14)15)13(18)7-19-2/h5-6,12-13,18H,3-4,7H2,1-2H3,(H,16,17). The Morgan fingerprint density at radius 1 is 1.65 bits per heavy atom. The van der Waals surface area contributed by atoms with Gasteiger partial charge >= 0.3 is 0 Å². The number of benzene rings is 1. The summed E-state index contributed by atoms with van der Waals surface area (Å²) in [6.07, 6.45) is -0.0880. The van der Waals surface area contributed by atoms with Gasteiger partial charge in [0.15, 0.2) is 0 Å². The number of nitrogens with one attached hydrogen (secondary N) is 1. The molecule has 2 rings (SSSR count). The highest BCUT2D eigenvalue weighted by Crippen LogP contribution is 2.39. The monoisotopic (exact) mass is 299 g/mol. The first kappa shape index (κ1) is 15.1. The van der Waals surface area contributed by atoms with E-state index in [-0.39, 0.29) is 18.6 Å². The van der Waals surface area contributed by atoms with E-state index in [4.69, 9.17) is 21.1 Å². The average Bonchev–Trinajstić information content (AvgIpc) is 2.39. The van der Waals surface area contributed by atoms with E-state index in [1.807, 2.05) is 6.07 Å². The van der Waals surface area contributed by atoms with Crippen LogP contribution in [0.25, 0.3) is 0 Å². The van der Waals surface area contributed by atoms with Gasteiger partial charge in [-0.1, -0.05) is 11.6 Å². The van der Waals surface area contributed by atoms with E-state index in [1.165, 1.54) is 14.0 Å².